The molecule has 0 radical (unpaired) electrons. The van der Waals surface area contributed by atoms with Crippen LogP contribution >= 0.6 is 0 Å². The van der Waals surface area contributed by atoms with Crippen LogP contribution < -0.4 is 14.8 Å². The molecule has 1 aromatic carbocycles. The Hall–Kier alpha value is -1.84. The summed E-state index contributed by atoms with van der Waals surface area (Å²) in [5.74, 6) is 0.995. The zero-order valence-corrected chi connectivity index (χ0v) is 19.3. The molecule has 8 nitrogen and oxygen atoms in total. The van der Waals surface area contributed by atoms with Gasteiger partial charge < -0.3 is 19.7 Å². The average molecular weight is 442 g/mol. The molecule has 0 spiro atoms. The molecule has 30 heavy (non-hydrogen) atoms. The summed E-state index contributed by atoms with van der Waals surface area (Å²) in [6, 6.07) is 5.33. The van der Waals surface area contributed by atoms with E-state index in [4.69, 9.17) is 9.47 Å². The van der Waals surface area contributed by atoms with Crippen LogP contribution in [0.2, 0.25) is 0 Å². The van der Waals surface area contributed by atoms with Crippen LogP contribution in [0, 0.1) is 5.92 Å². The zero-order valence-electron chi connectivity index (χ0n) is 18.5. The first-order valence-corrected chi connectivity index (χ1v) is 12.3. The minimum absolute atomic E-state index is 0.0900. The van der Waals surface area contributed by atoms with Gasteiger partial charge in [-0.3, -0.25) is 4.79 Å². The molecule has 1 N–H and O–H groups in total. The van der Waals surface area contributed by atoms with Crippen molar-refractivity contribution in [2.24, 2.45) is 5.92 Å². The molecule has 0 unspecified atom stereocenters. The van der Waals surface area contributed by atoms with Crippen molar-refractivity contribution in [1.29, 1.82) is 0 Å². The topological polar surface area (TPSA) is 88.2 Å². The summed E-state index contributed by atoms with van der Waals surface area (Å²) in [5.41, 5.74) is 0.641. The van der Waals surface area contributed by atoms with E-state index in [9.17, 15) is 13.2 Å². The van der Waals surface area contributed by atoms with Gasteiger partial charge in [0, 0.05) is 37.3 Å². The van der Waals surface area contributed by atoms with E-state index in [-0.39, 0.29) is 17.6 Å². The Morgan fingerprint density at radius 1 is 1.17 bits per heavy atom. The van der Waals surface area contributed by atoms with E-state index in [1.165, 1.54) is 4.31 Å². The Balaban J connectivity index is 1.95. The predicted molar refractivity (Wildman–Crippen MR) is 119 cm³/mol. The third-order valence-electron chi connectivity index (χ3n) is 5.57. The number of likely N-dealkylation sites (N-methyl/N-ethyl adjacent to an activating group) is 1. The summed E-state index contributed by atoms with van der Waals surface area (Å²) < 4.78 is 36.7. The normalized spacial score (nSPS) is 15.9. The summed E-state index contributed by atoms with van der Waals surface area (Å²) in [5, 5.41) is 2.94. The van der Waals surface area contributed by atoms with Crippen molar-refractivity contribution in [2.45, 2.75) is 33.6 Å². The molecule has 1 aliphatic heterocycles. The molecule has 1 saturated heterocycles. The number of methoxy groups -OCH3 is 1. The van der Waals surface area contributed by atoms with Crippen molar-refractivity contribution in [3.05, 3.63) is 18.2 Å². The van der Waals surface area contributed by atoms with Gasteiger partial charge in [-0.1, -0.05) is 13.8 Å². The summed E-state index contributed by atoms with van der Waals surface area (Å²) in [6.07, 6.45) is 1.04. The van der Waals surface area contributed by atoms with Crippen LogP contribution in [0.4, 0.5) is 5.69 Å². The molecule has 0 atom stereocenters. The first kappa shape index (κ1) is 24.4. The first-order valence-electron chi connectivity index (χ1n) is 10.7. The number of amides is 1. The van der Waals surface area contributed by atoms with E-state index in [0.29, 0.717) is 49.7 Å². The molecule has 0 aromatic heterocycles. The van der Waals surface area contributed by atoms with Gasteiger partial charge in [0.15, 0.2) is 11.5 Å². The van der Waals surface area contributed by atoms with Crippen molar-refractivity contribution < 1.29 is 22.7 Å². The SMILES string of the molecule is CCN(CC)CCOc1cc(NC(=O)C2CCN(S(=O)(=O)CC)CC2)ccc1OC. The summed E-state index contributed by atoms with van der Waals surface area (Å²) in [6.45, 7) is 9.90. The molecule has 1 amide bonds. The van der Waals surface area contributed by atoms with Crippen LogP contribution in [0.25, 0.3) is 0 Å². The highest BCUT2D eigenvalue weighted by atomic mass is 32.2. The Morgan fingerprint density at radius 3 is 2.40 bits per heavy atom. The predicted octanol–water partition coefficient (Wildman–Crippen LogP) is 2.42. The number of carbonyl (C=O) groups is 1. The van der Waals surface area contributed by atoms with Crippen molar-refractivity contribution in [2.75, 3.05) is 57.5 Å². The third-order valence-corrected chi connectivity index (χ3v) is 7.46. The van der Waals surface area contributed by atoms with Gasteiger partial charge in [0.25, 0.3) is 0 Å². The van der Waals surface area contributed by atoms with E-state index < -0.39 is 10.0 Å². The first-order chi connectivity index (χ1) is 14.3. The highest BCUT2D eigenvalue weighted by Crippen LogP contribution is 2.31. The fourth-order valence-electron chi connectivity index (χ4n) is 3.51. The number of benzene rings is 1. The largest absolute Gasteiger partial charge is 0.493 e. The van der Waals surface area contributed by atoms with E-state index in [0.717, 1.165) is 19.6 Å². The van der Waals surface area contributed by atoms with Gasteiger partial charge in [-0.05, 0) is 45.0 Å². The lowest BCUT2D eigenvalue weighted by atomic mass is 9.97. The summed E-state index contributed by atoms with van der Waals surface area (Å²) in [7, 11) is -1.61. The molecule has 0 saturated carbocycles. The Bertz CT molecular complexity index is 788. The fourth-order valence-corrected chi connectivity index (χ4v) is 4.65. The van der Waals surface area contributed by atoms with Crippen LogP contribution in [0.3, 0.4) is 0 Å². The smallest absolute Gasteiger partial charge is 0.227 e. The molecule has 1 aliphatic rings. The minimum atomic E-state index is -3.19. The number of carbonyl (C=O) groups excluding carboxylic acids is 1. The fraction of sp³-hybridized carbons (Fsp3) is 0.667. The average Bonchev–Trinajstić information content (AvgIpc) is 2.77. The number of hydrogen-bond acceptors (Lipinski definition) is 6. The molecule has 9 heteroatoms. The lowest BCUT2D eigenvalue weighted by Gasteiger charge is -2.30. The van der Waals surface area contributed by atoms with Crippen molar-refractivity contribution in [1.82, 2.24) is 9.21 Å². The molecule has 0 aliphatic carbocycles. The third kappa shape index (κ3) is 6.58. The van der Waals surface area contributed by atoms with Gasteiger partial charge in [0.2, 0.25) is 15.9 Å². The second kappa shape index (κ2) is 11.5. The maximum atomic E-state index is 12.7. The number of sulfonamides is 1. The summed E-state index contributed by atoms with van der Waals surface area (Å²) >= 11 is 0. The zero-order chi connectivity index (χ0) is 22.1. The van der Waals surface area contributed by atoms with E-state index >= 15 is 0 Å². The van der Waals surface area contributed by atoms with Gasteiger partial charge in [-0.15, -0.1) is 0 Å². The van der Waals surface area contributed by atoms with Gasteiger partial charge >= 0.3 is 0 Å². The van der Waals surface area contributed by atoms with E-state index in [2.05, 4.69) is 24.1 Å². The number of anilines is 1. The second-order valence-corrected chi connectivity index (χ2v) is 9.56. The number of nitrogens with zero attached hydrogens (tertiary/aromatic N) is 2. The van der Waals surface area contributed by atoms with E-state index in [1.807, 2.05) is 0 Å². The number of piperidine rings is 1. The molecule has 1 heterocycles. The highest BCUT2D eigenvalue weighted by Gasteiger charge is 2.30. The van der Waals surface area contributed by atoms with Crippen LogP contribution in [-0.2, 0) is 14.8 Å². The number of hydrogen-bond donors (Lipinski definition) is 1. The van der Waals surface area contributed by atoms with Crippen LogP contribution in [0.15, 0.2) is 18.2 Å². The molecular weight excluding hydrogens is 406 g/mol. The summed E-state index contributed by atoms with van der Waals surface area (Å²) in [4.78, 5) is 14.9. The molecule has 0 bridgehead atoms. The lowest BCUT2D eigenvalue weighted by molar-refractivity contribution is -0.120. The highest BCUT2D eigenvalue weighted by molar-refractivity contribution is 7.89. The lowest BCUT2D eigenvalue weighted by Crippen LogP contribution is -2.42. The quantitative estimate of drug-likeness (QED) is 0.567. The molecular formula is C21H35N3O5S. The second-order valence-electron chi connectivity index (χ2n) is 7.30. The van der Waals surface area contributed by atoms with Crippen LogP contribution in [0.1, 0.15) is 33.6 Å². The van der Waals surface area contributed by atoms with E-state index in [1.54, 1.807) is 32.2 Å². The van der Waals surface area contributed by atoms with Crippen LogP contribution in [0.5, 0.6) is 11.5 Å². The standard InChI is InChI=1S/C21H35N3O5S/c1-5-23(6-2)14-15-29-20-16-18(8-9-19(20)28-4)22-21(25)17-10-12-24(13-11-17)30(26,27)7-3/h8-9,16-17H,5-7,10-15H2,1-4H3,(H,22,25). The van der Waals surface area contributed by atoms with Crippen molar-refractivity contribution >= 4 is 21.6 Å². The number of rotatable bonds is 11. The maximum absolute atomic E-state index is 12.7. The minimum Gasteiger partial charge on any atom is -0.493 e. The Labute approximate surface area is 180 Å². The van der Waals surface area contributed by atoms with Gasteiger partial charge in [-0.25, -0.2) is 12.7 Å². The van der Waals surface area contributed by atoms with Gasteiger partial charge in [-0.2, -0.15) is 0 Å². The van der Waals surface area contributed by atoms with Gasteiger partial charge in [0.05, 0.1) is 12.9 Å². The number of ether oxygens (including phenoxy) is 2. The Kier molecular flexibility index (Phi) is 9.38. The molecule has 2 rings (SSSR count). The monoisotopic (exact) mass is 441 g/mol. The molecule has 1 fully saturated rings. The van der Waals surface area contributed by atoms with Crippen LogP contribution in [-0.4, -0.2) is 75.7 Å². The molecule has 1 aromatic rings. The van der Waals surface area contributed by atoms with Crippen molar-refractivity contribution in [3.8, 4) is 11.5 Å². The van der Waals surface area contributed by atoms with Gasteiger partial charge in [0.1, 0.15) is 6.61 Å². The molecule has 170 valence electrons. The maximum Gasteiger partial charge on any atom is 0.227 e. The Morgan fingerprint density at radius 2 is 1.83 bits per heavy atom. The number of nitrogens with one attached hydrogen (secondary N) is 1. The van der Waals surface area contributed by atoms with Crippen molar-refractivity contribution in [3.63, 3.8) is 0 Å².